The van der Waals surface area contributed by atoms with E-state index in [9.17, 15) is 24.8 Å². The number of likely N-dealkylation sites (tertiary alicyclic amines) is 1. The van der Waals surface area contributed by atoms with Crippen LogP contribution in [-0.2, 0) is 11.3 Å². The van der Waals surface area contributed by atoms with E-state index >= 15 is 0 Å². The summed E-state index contributed by atoms with van der Waals surface area (Å²) in [6.45, 7) is 0.950. The molecule has 0 saturated carbocycles. The molecule has 6 rings (SSSR count). The standard InChI is InChI=1S/C35H33N3O7/c1-44-33-19-23(16-17-32(33)38(42)43)20-37(31-15-7-6-10-25(31)24-9-8-18-36(21-24)34(39)40)35(41)45-22-30-28-13-4-2-11-26(28)27-12-3-5-14-29(27)30/h2-7,10-17,19,24,30H,8-9,18,20-22H2,1H3,(H,39,40). The van der Waals surface area contributed by atoms with Crippen molar-refractivity contribution in [3.05, 3.63) is 123 Å². The molecule has 1 unspecified atom stereocenters. The topological polar surface area (TPSA) is 122 Å². The van der Waals surface area contributed by atoms with Crippen LogP contribution in [0.3, 0.4) is 0 Å². The van der Waals surface area contributed by atoms with Gasteiger partial charge in [-0.15, -0.1) is 0 Å². The number of carbonyl (C=O) groups is 2. The molecule has 1 fully saturated rings. The first-order valence-corrected chi connectivity index (χ1v) is 14.9. The number of carboxylic acid groups (broad SMARTS) is 1. The zero-order valence-corrected chi connectivity index (χ0v) is 24.8. The highest BCUT2D eigenvalue weighted by atomic mass is 16.6. The van der Waals surface area contributed by atoms with Gasteiger partial charge in [0.25, 0.3) is 0 Å². The number of nitro benzene ring substituents is 1. The van der Waals surface area contributed by atoms with Crippen molar-refractivity contribution in [1.82, 2.24) is 4.90 Å². The predicted molar refractivity (Wildman–Crippen MR) is 169 cm³/mol. The molecule has 1 N–H and O–H groups in total. The highest BCUT2D eigenvalue weighted by Gasteiger charge is 2.32. The van der Waals surface area contributed by atoms with E-state index in [0.717, 1.165) is 34.2 Å². The Hall–Kier alpha value is -5.38. The van der Waals surface area contributed by atoms with Crippen molar-refractivity contribution in [2.45, 2.75) is 31.2 Å². The number of hydrogen-bond acceptors (Lipinski definition) is 6. The normalized spacial score (nSPS) is 15.6. The van der Waals surface area contributed by atoms with Crippen molar-refractivity contribution in [3.8, 4) is 16.9 Å². The van der Waals surface area contributed by atoms with Crippen LogP contribution in [0.1, 0.15) is 46.9 Å². The van der Waals surface area contributed by atoms with Crippen LogP contribution < -0.4 is 9.64 Å². The fourth-order valence-corrected chi connectivity index (χ4v) is 6.56. The Morgan fingerprint density at radius 1 is 0.956 bits per heavy atom. The van der Waals surface area contributed by atoms with Crippen molar-refractivity contribution in [2.75, 3.05) is 31.7 Å². The molecule has 10 heteroatoms. The van der Waals surface area contributed by atoms with Gasteiger partial charge < -0.3 is 19.5 Å². The first-order valence-electron chi connectivity index (χ1n) is 14.9. The van der Waals surface area contributed by atoms with Gasteiger partial charge in [-0.25, -0.2) is 9.59 Å². The molecule has 45 heavy (non-hydrogen) atoms. The average molecular weight is 608 g/mol. The molecule has 0 aromatic heterocycles. The molecule has 1 saturated heterocycles. The van der Waals surface area contributed by atoms with E-state index < -0.39 is 17.1 Å². The Bertz CT molecular complexity index is 1710. The Morgan fingerprint density at radius 2 is 1.60 bits per heavy atom. The van der Waals surface area contributed by atoms with E-state index in [2.05, 4.69) is 24.3 Å². The lowest BCUT2D eigenvalue weighted by molar-refractivity contribution is -0.385. The third-order valence-corrected chi connectivity index (χ3v) is 8.70. The lowest BCUT2D eigenvalue weighted by atomic mass is 9.89. The Labute approximate surface area is 260 Å². The molecule has 230 valence electrons. The van der Waals surface area contributed by atoms with Crippen LogP contribution in [0, 0.1) is 10.1 Å². The number of nitro groups is 1. The predicted octanol–water partition coefficient (Wildman–Crippen LogP) is 7.42. The number of carbonyl (C=O) groups excluding carboxylic acids is 1. The lowest BCUT2D eigenvalue weighted by Gasteiger charge is -2.34. The van der Waals surface area contributed by atoms with Crippen molar-refractivity contribution in [3.63, 3.8) is 0 Å². The minimum Gasteiger partial charge on any atom is -0.490 e. The first-order chi connectivity index (χ1) is 21.9. The summed E-state index contributed by atoms with van der Waals surface area (Å²) in [6.07, 6.45) is -0.0726. The summed E-state index contributed by atoms with van der Waals surface area (Å²) in [5.74, 6) is -0.177. The van der Waals surface area contributed by atoms with Gasteiger partial charge in [0.15, 0.2) is 5.75 Å². The van der Waals surface area contributed by atoms with Crippen LogP contribution in [-0.4, -0.2) is 53.9 Å². The number of anilines is 1. The van der Waals surface area contributed by atoms with E-state index in [1.165, 1.54) is 23.0 Å². The van der Waals surface area contributed by atoms with Crippen LogP contribution in [0.5, 0.6) is 5.75 Å². The van der Waals surface area contributed by atoms with Crippen molar-refractivity contribution in [2.24, 2.45) is 0 Å². The van der Waals surface area contributed by atoms with Gasteiger partial charge >= 0.3 is 17.9 Å². The number of fused-ring (bicyclic) bond motifs is 3. The number of ether oxygens (including phenoxy) is 2. The Morgan fingerprint density at radius 3 is 2.24 bits per heavy atom. The van der Waals surface area contributed by atoms with Crippen LogP contribution >= 0.6 is 0 Å². The van der Waals surface area contributed by atoms with Gasteiger partial charge in [0.1, 0.15) is 6.61 Å². The number of methoxy groups -OCH3 is 1. The summed E-state index contributed by atoms with van der Waals surface area (Å²) >= 11 is 0. The summed E-state index contributed by atoms with van der Waals surface area (Å²) < 4.78 is 11.4. The molecule has 4 aromatic rings. The monoisotopic (exact) mass is 607 g/mol. The smallest absolute Gasteiger partial charge is 0.414 e. The largest absolute Gasteiger partial charge is 0.490 e. The Balaban J connectivity index is 1.34. The third-order valence-electron chi connectivity index (χ3n) is 8.70. The zero-order chi connectivity index (χ0) is 31.5. The molecule has 0 spiro atoms. The summed E-state index contributed by atoms with van der Waals surface area (Å²) in [7, 11) is 1.36. The molecule has 1 atom stereocenters. The lowest BCUT2D eigenvalue weighted by Crippen LogP contribution is -2.39. The number of hydrogen-bond donors (Lipinski definition) is 1. The van der Waals surface area contributed by atoms with Gasteiger partial charge in [-0.1, -0.05) is 72.8 Å². The quantitative estimate of drug-likeness (QED) is 0.163. The molecule has 1 heterocycles. The number of rotatable bonds is 8. The van der Waals surface area contributed by atoms with Gasteiger partial charge in [-0.2, -0.15) is 0 Å². The second kappa shape index (κ2) is 12.7. The first kappa shape index (κ1) is 29.7. The number of benzene rings is 4. The van der Waals surface area contributed by atoms with Gasteiger partial charge in [0.2, 0.25) is 0 Å². The summed E-state index contributed by atoms with van der Waals surface area (Å²) in [5.41, 5.74) is 6.30. The molecular formula is C35H33N3O7. The Kier molecular flexibility index (Phi) is 8.37. The van der Waals surface area contributed by atoms with Crippen molar-refractivity contribution >= 4 is 23.6 Å². The maximum absolute atomic E-state index is 14.1. The highest BCUT2D eigenvalue weighted by molar-refractivity contribution is 5.89. The molecule has 0 radical (unpaired) electrons. The van der Waals surface area contributed by atoms with E-state index in [1.54, 1.807) is 12.1 Å². The summed E-state index contributed by atoms with van der Waals surface area (Å²) in [6, 6.07) is 28.2. The maximum Gasteiger partial charge on any atom is 0.414 e. The fraction of sp³-hybridized carbons (Fsp3) is 0.257. The number of para-hydroxylation sites is 1. The molecule has 0 bridgehead atoms. The molecule has 10 nitrogen and oxygen atoms in total. The number of amides is 2. The van der Waals surface area contributed by atoms with Crippen LogP contribution in [0.2, 0.25) is 0 Å². The molecular weight excluding hydrogens is 574 g/mol. The van der Waals surface area contributed by atoms with E-state index in [4.69, 9.17) is 9.47 Å². The van der Waals surface area contributed by atoms with Gasteiger partial charge in [-0.05, 0) is 58.4 Å². The highest BCUT2D eigenvalue weighted by Crippen LogP contribution is 2.45. The second-order valence-electron chi connectivity index (χ2n) is 11.3. The summed E-state index contributed by atoms with van der Waals surface area (Å²) in [4.78, 5) is 39.9. The fourth-order valence-electron chi connectivity index (χ4n) is 6.56. The van der Waals surface area contributed by atoms with E-state index in [-0.39, 0.29) is 36.4 Å². The second-order valence-corrected chi connectivity index (χ2v) is 11.3. The number of piperidine rings is 1. The van der Waals surface area contributed by atoms with Gasteiger partial charge in [0, 0.05) is 31.0 Å². The third kappa shape index (κ3) is 5.91. The molecule has 2 aliphatic rings. The van der Waals surface area contributed by atoms with Gasteiger partial charge in [0.05, 0.1) is 24.3 Å². The average Bonchev–Trinajstić information content (AvgIpc) is 3.39. The minimum atomic E-state index is -0.969. The molecule has 4 aromatic carbocycles. The summed E-state index contributed by atoms with van der Waals surface area (Å²) in [5, 5.41) is 21.2. The van der Waals surface area contributed by atoms with E-state index in [0.29, 0.717) is 30.8 Å². The zero-order valence-electron chi connectivity index (χ0n) is 24.8. The molecule has 2 amide bonds. The van der Waals surface area contributed by atoms with Crippen LogP contribution in [0.25, 0.3) is 11.1 Å². The van der Waals surface area contributed by atoms with Crippen LogP contribution in [0.4, 0.5) is 21.0 Å². The molecule has 1 aliphatic heterocycles. The molecule has 1 aliphatic carbocycles. The van der Waals surface area contributed by atoms with Crippen LogP contribution in [0.15, 0.2) is 91.0 Å². The van der Waals surface area contributed by atoms with Crippen molar-refractivity contribution < 1.29 is 29.1 Å². The van der Waals surface area contributed by atoms with Crippen molar-refractivity contribution in [1.29, 1.82) is 0 Å². The van der Waals surface area contributed by atoms with E-state index in [1.807, 2.05) is 48.5 Å². The maximum atomic E-state index is 14.1. The minimum absolute atomic E-state index is 0.0530. The number of nitrogens with zero attached hydrogens (tertiary/aromatic N) is 3. The SMILES string of the molecule is COc1cc(CN(C(=O)OCC2c3ccccc3-c3ccccc32)c2ccccc2C2CCCN(C(=O)O)C2)ccc1[N+](=O)[O-]. The van der Waals surface area contributed by atoms with Gasteiger partial charge in [-0.3, -0.25) is 15.0 Å².